The maximum Gasteiger partial charge on any atom is 0.229 e. The van der Waals surface area contributed by atoms with Crippen molar-refractivity contribution in [2.45, 2.75) is 26.7 Å². The molecule has 5 aromatic rings. The molecule has 3 heterocycles. The van der Waals surface area contributed by atoms with Crippen molar-refractivity contribution >= 4 is 34.2 Å². The molecule has 36 heavy (non-hydrogen) atoms. The topological polar surface area (TPSA) is 91.4 Å². The largest absolute Gasteiger partial charge is 0.346 e. The molecule has 0 unspecified atom stereocenters. The Hall–Kier alpha value is -4.70. The molecule has 3 aromatic heterocycles. The zero-order valence-electron chi connectivity index (χ0n) is 20.6. The highest BCUT2D eigenvalue weighted by atomic mass is 15.2. The van der Waals surface area contributed by atoms with Gasteiger partial charge >= 0.3 is 0 Å². The van der Waals surface area contributed by atoms with Crippen molar-refractivity contribution < 1.29 is 0 Å². The van der Waals surface area contributed by atoms with Crippen LogP contribution in [0, 0.1) is 11.3 Å². The molecular weight excluding hydrogens is 446 g/mol. The van der Waals surface area contributed by atoms with Crippen LogP contribution in [0.4, 0.5) is 23.1 Å². The van der Waals surface area contributed by atoms with Gasteiger partial charge in [0, 0.05) is 37.0 Å². The zero-order chi connectivity index (χ0) is 25.1. The Labute approximate surface area is 210 Å². The molecule has 0 bridgehead atoms. The van der Waals surface area contributed by atoms with Crippen molar-refractivity contribution in [2.75, 3.05) is 10.6 Å². The maximum absolute atomic E-state index is 9.07. The molecule has 7 heteroatoms. The molecule has 7 nitrogen and oxygen atoms in total. The first-order valence-electron chi connectivity index (χ1n) is 12.0. The van der Waals surface area contributed by atoms with Gasteiger partial charge in [-0.2, -0.15) is 10.2 Å². The summed E-state index contributed by atoms with van der Waals surface area (Å²) in [5, 5.41) is 16.0. The molecule has 0 radical (unpaired) electrons. The third-order valence-electron chi connectivity index (χ3n) is 6.31. The Morgan fingerprint density at radius 3 is 2.19 bits per heavy atom. The lowest BCUT2D eigenvalue weighted by molar-refractivity contribution is 0.963. The van der Waals surface area contributed by atoms with E-state index in [4.69, 9.17) is 15.2 Å². The Balaban J connectivity index is 1.57. The first-order chi connectivity index (χ1) is 17.6. The normalized spacial score (nSPS) is 10.8. The lowest BCUT2D eigenvalue weighted by atomic mass is 9.95. The van der Waals surface area contributed by atoms with Gasteiger partial charge in [-0.05, 0) is 89.7 Å². The second-order valence-corrected chi connectivity index (χ2v) is 8.61. The number of rotatable bonds is 7. The van der Waals surface area contributed by atoms with Crippen LogP contribution in [0.25, 0.3) is 22.2 Å². The highest BCUT2D eigenvalue weighted by molar-refractivity contribution is 5.91. The fraction of sp³-hybridized carbons (Fsp3) is 0.172. The molecule has 0 fully saturated rings. The Morgan fingerprint density at radius 1 is 0.861 bits per heavy atom. The van der Waals surface area contributed by atoms with E-state index in [2.05, 4.69) is 47.7 Å². The smallest absolute Gasteiger partial charge is 0.229 e. The SMILES string of the molecule is CCc1cc(-c2ccncc2)cc(CC)c1Nc1nc(Nc2ccc(C#N)cc2)nc2ccn(C)c12. The molecule has 0 aliphatic carbocycles. The molecule has 0 amide bonds. The van der Waals surface area contributed by atoms with E-state index in [1.54, 1.807) is 12.1 Å². The van der Waals surface area contributed by atoms with Crippen molar-refractivity contribution in [2.24, 2.45) is 7.05 Å². The summed E-state index contributed by atoms with van der Waals surface area (Å²) in [5.74, 6) is 1.23. The number of nitrogens with one attached hydrogen (secondary N) is 2. The van der Waals surface area contributed by atoms with E-state index in [1.165, 1.54) is 16.7 Å². The number of benzene rings is 2. The molecule has 0 spiro atoms. The van der Waals surface area contributed by atoms with Crippen molar-refractivity contribution in [3.05, 3.63) is 89.9 Å². The van der Waals surface area contributed by atoms with Crippen molar-refractivity contribution in [1.29, 1.82) is 5.26 Å². The number of nitrogens with zero attached hydrogens (tertiary/aromatic N) is 5. The van der Waals surface area contributed by atoms with Crippen LogP contribution in [0.2, 0.25) is 0 Å². The van der Waals surface area contributed by atoms with Crippen LogP contribution in [0.1, 0.15) is 30.5 Å². The predicted octanol–water partition coefficient (Wildman–Crippen LogP) is 6.51. The molecule has 0 aliphatic rings. The molecule has 2 aromatic carbocycles. The molecule has 178 valence electrons. The third-order valence-corrected chi connectivity index (χ3v) is 6.31. The van der Waals surface area contributed by atoms with Gasteiger partial charge in [0.15, 0.2) is 5.82 Å². The lowest BCUT2D eigenvalue weighted by Crippen LogP contribution is -2.07. The van der Waals surface area contributed by atoms with Crippen molar-refractivity contribution in [3.63, 3.8) is 0 Å². The second-order valence-electron chi connectivity index (χ2n) is 8.61. The van der Waals surface area contributed by atoms with Gasteiger partial charge in [0.1, 0.15) is 5.52 Å². The highest BCUT2D eigenvalue weighted by Gasteiger charge is 2.16. The van der Waals surface area contributed by atoms with Gasteiger partial charge in [0.25, 0.3) is 0 Å². The van der Waals surface area contributed by atoms with E-state index in [1.807, 2.05) is 60.5 Å². The summed E-state index contributed by atoms with van der Waals surface area (Å²) >= 11 is 0. The summed E-state index contributed by atoms with van der Waals surface area (Å²) < 4.78 is 2.03. The Morgan fingerprint density at radius 2 is 1.56 bits per heavy atom. The average Bonchev–Trinajstić information content (AvgIpc) is 3.30. The van der Waals surface area contributed by atoms with E-state index >= 15 is 0 Å². The monoisotopic (exact) mass is 473 g/mol. The molecule has 0 atom stereocenters. The van der Waals surface area contributed by atoms with E-state index in [-0.39, 0.29) is 0 Å². The molecule has 2 N–H and O–H groups in total. The Kier molecular flexibility index (Phi) is 6.33. The van der Waals surface area contributed by atoms with Crippen LogP contribution in [0.3, 0.4) is 0 Å². The fourth-order valence-corrected chi connectivity index (χ4v) is 4.41. The number of pyridine rings is 1. The van der Waals surface area contributed by atoms with Gasteiger partial charge < -0.3 is 15.2 Å². The number of fused-ring (bicyclic) bond motifs is 1. The van der Waals surface area contributed by atoms with E-state index in [9.17, 15) is 0 Å². The quantitative estimate of drug-likeness (QED) is 0.280. The van der Waals surface area contributed by atoms with Gasteiger partial charge in [-0.3, -0.25) is 4.98 Å². The number of nitriles is 1. The first kappa shape index (κ1) is 23.1. The predicted molar refractivity (Wildman–Crippen MR) is 145 cm³/mol. The van der Waals surface area contributed by atoms with Crippen LogP contribution in [-0.4, -0.2) is 19.5 Å². The summed E-state index contributed by atoms with van der Waals surface area (Å²) in [7, 11) is 2.00. The average molecular weight is 474 g/mol. The van der Waals surface area contributed by atoms with Crippen LogP contribution in [-0.2, 0) is 19.9 Å². The third kappa shape index (κ3) is 4.49. The number of aromatic nitrogens is 4. The van der Waals surface area contributed by atoms with Crippen molar-refractivity contribution in [1.82, 2.24) is 19.5 Å². The minimum atomic E-state index is 0.491. The van der Waals surface area contributed by atoms with Crippen LogP contribution >= 0.6 is 0 Å². The Bertz CT molecular complexity index is 1540. The zero-order valence-corrected chi connectivity index (χ0v) is 20.6. The van der Waals surface area contributed by atoms with Crippen LogP contribution in [0.5, 0.6) is 0 Å². The lowest BCUT2D eigenvalue weighted by Gasteiger charge is -2.19. The number of anilines is 4. The summed E-state index contributed by atoms with van der Waals surface area (Å²) in [4.78, 5) is 13.8. The molecule has 0 aliphatic heterocycles. The minimum Gasteiger partial charge on any atom is -0.346 e. The van der Waals surface area contributed by atoms with E-state index < -0.39 is 0 Å². The van der Waals surface area contributed by atoms with Gasteiger partial charge in [-0.25, -0.2) is 4.98 Å². The van der Waals surface area contributed by atoms with E-state index in [0.29, 0.717) is 11.5 Å². The highest BCUT2D eigenvalue weighted by Crippen LogP contribution is 2.34. The van der Waals surface area contributed by atoms with Gasteiger partial charge in [-0.1, -0.05) is 13.8 Å². The maximum atomic E-state index is 9.07. The standard InChI is InChI=1S/C29H27N7/c1-4-20-16-23(22-10-13-31-14-11-22)17-21(5-2)26(20)34-28-27-25(12-15-36(27)3)33-29(35-28)32-24-8-6-19(18-30)7-9-24/h6-17H,4-5H2,1-3H3,(H2,32,33,34,35). The van der Waals surface area contributed by atoms with Crippen molar-refractivity contribution in [3.8, 4) is 17.2 Å². The van der Waals surface area contributed by atoms with Gasteiger partial charge in [0.2, 0.25) is 5.95 Å². The van der Waals surface area contributed by atoms with Gasteiger partial charge in [-0.15, -0.1) is 0 Å². The van der Waals surface area contributed by atoms with Gasteiger partial charge in [0.05, 0.1) is 17.1 Å². The van der Waals surface area contributed by atoms with Crippen LogP contribution < -0.4 is 10.6 Å². The molecular formula is C29H27N7. The molecule has 5 rings (SSSR count). The number of hydrogen-bond acceptors (Lipinski definition) is 6. The summed E-state index contributed by atoms with van der Waals surface area (Å²) in [6.45, 7) is 4.35. The first-order valence-corrected chi connectivity index (χ1v) is 12.0. The minimum absolute atomic E-state index is 0.491. The summed E-state index contributed by atoms with van der Waals surface area (Å²) in [6, 6.07) is 20.0. The molecule has 0 saturated heterocycles. The second kappa shape index (κ2) is 9.88. The summed E-state index contributed by atoms with van der Waals surface area (Å²) in [5.41, 5.74) is 9.08. The number of hydrogen-bond donors (Lipinski definition) is 2. The fourth-order valence-electron chi connectivity index (χ4n) is 4.41. The number of aryl methyl sites for hydroxylation is 3. The summed E-state index contributed by atoms with van der Waals surface area (Å²) in [6.07, 6.45) is 7.41. The molecule has 0 saturated carbocycles. The van der Waals surface area contributed by atoms with Crippen LogP contribution in [0.15, 0.2) is 73.2 Å². The van der Waals surface area contributed by atoms with E-state index in [0.717, 1.165) is 46.6 Å².